The van der Waals surface area contributed by atoms with Gasteiger partial charge in [-0.1, -0.05) is 45.9 Å². The van der Waals surface area contributed by atoms with Crippen LogP contribution < -0.4 is 10.1 Å². The molecule has 3 rings (SSSR count). The monoisotopic (exact) mass is 488 g/mol. The second kappa shape index (κ2) is 10.4. The molecule has 0 fully saturated rings. The Balaban J connectivity index is 1.62. The van der Waals surface area contributed by atoms with Crippen molar-refractivity contribution in [1.29, 1.82) is 0 Å². The zero-order valence-electron chi connectivity index (χ0n) is 16.6. The molecule has 0 radical (unpaired) electrons. The number of hydrogen-bond acceptors (Lipinski definition) is 6. The SMILES string of the molecule is CCn1c(CC(=O)Nc2cccc(OC)c2)nnc1SCC(=O)c1ccc(Br)cc1. The fraction of sp³-hybridized carbons (Fsp3) is 0.238. The van der Waals surface area contributed by atoms with Crippen molar-refractivity contribution in [3.63, 3.8) is 0 Å². The third kappa shape index (κ3) is 5.70. The lowest BCUT2D eigenvalue weighted by Gasteiger charge is -2.09. The highest BCUT2D eigenvalue weighted by atomic mass is 79.9. The van der Waals surface area contributed by atoms with Crippen LogP contribution in [-0.4, -0.2) is 39.3 Å². The van der Waals surface area contributed by atoms with Crippen LogP contribution in [0, 0.1) is 0 Å². The topological polar surface area (TPSA) is 86.1 Å². The van der Waals surface area contributed by atoms with Crippen LogP contribution >= 0.6 is 27.7 Å². The molecule has 0 spiro atoms. The molecule has 0 atom stereocenters. The van der Waals surface area contributed by atoms with E-state index in [-0.39, 0.29) is 23.9 Å². The third-order valence-electron chi connectivity index (χ3n) is 4.28. The lowest BCUT2D eigenvalue weighted by molar-refractivity contribution is -0.115. The molecule has 2 aromatic carbocycles. The van der Waals surface area contributed by atoms with E-state index >= 15 is 0 Å². The molecular formula is C21H21BrN4O3S. The minimum absolute atomic E-state index is 0.00970. The second-order valence-corrected chi connectivity index (χ2v) is 8.18. The number of amides is 1. The molecule has 0 aliphatic rings. The Morgan fingerprint density at radius 1 is 1.17 bits per heavy atom. The summed E-state index contributed by atoms with van der Waals surface area (Å²) in [4.78, 5) is 24.8. The molecule has 156 valence electrons. The van der Waals surface area contributed by atoms with Crippen molar-refractivity contribution < 1.29 is 14.3 Å². The molecular weight excluding hydrogens is 468 g/mol. The quantitative estimate of drug-likeness (QED) is 0.358. The first-order valence-corrected chi connectivity index (χ1v) is 11.1. The number of halogens is 1. The Hall–Kier alpha value is -2.65. The van der Waals surface area contributed by atoms with Gasteiger partial charge in [-0.05, 0) is 31.2 Å². The largest absolute Gasteiger partial charge is 0.497 e. The number of hydrogen-bond donors (Lipinski definition) is 1. The molecule has 30 heavy (non-hydrogen) atoms. The number of benzene rings is 2. The van der Waals surface area contributed by atoms with Crippen molar-refractivity contribution in [2.75, 3.05) is 18.2 Å². The number of ether oxygens (including phenoxy) is 1. The van der Waals surface area contributed by atoms with E-state index in [1.807, 2.05) is 29.7 Å². The number of nitrogens with one attached hydrogen (secondary N) is 1. The van der Waals surface area contributed by atoms with Crippen LogP contribution in [0.4, 0.5) is 5.69 Å². The lowest BCUT2D eigenvalue weighted by atomic mass is 10.2. The standard InChI is InChI=1S/C21H21BrN4O3S/c1-3-26-19(12-20(28)23-16-5-4-6-17(11-16)29-2)24-25-21(26)30-13-18(27)14-7-9-15(22)10-8-14/h4-11H,3,12-13H2,1-2H3,(H,23,28). The normalized spacial score (nSPS) is 10.6. The summed E-state index contributed by atoms with van der Waals surface area (Å²) in [7, 11) is 1.57. The van der Waals surface area contributed by atoms with Gasteiger partial charge in [-0.3, -0.25) is 9.59 Å². The average Bonchev–Trinajstić information content (AvgIpc) is 3.13. The Morgan fingerprint density at radius 2 is 1.93 bits per heavy atom. The molecule has 3 aromatic rings. The summed E-state index contributed by atoms with van der Waals surface area (Å²) in [6, 6.07) is 14.4. The summed E-state index contributed by atoms with van der Waals surface area (Å²) in [6.45, 7) is 2.55. The summed E-state index contributed by atoms with van der Waals surface area (Å²) in [5.41, 5.74) is 1.29. The summed E-state index contributed by atoms with van der Waals surface area (Å²) in [5, 5.41) is 11.8. The van der Waals surface area contributed by atoms with Crippen molar-refractivity contribution in [1.82, 2.24) is 14.8 Å². The Labute approximate surface area is 187 Å². The fourth-order valence-corrected chi connectivity index (χ4v) is 3.95. The van der Waals surface area contributed by atoms with Crippen molar-refractivity contribution in [2.45, 2.75) is 25.0 Å². The van der Waals surface area contributed by atoms with Crippen molar-refractivity contribution in [3.05, 3.63) is 64.4 Å². The van der Waals surface area contributed by atoms with Gasteiger partial charge in [-0.15, -0.1) is 10.2 Å². The average molecular weight is 489 g/mol. The molecule has 0 saturated carbocycles. The number of Topliss-reactive ketones (excluding diaryl/α,β-unsaturated/α-hetero) is 1. The van der Waals surface area contributed by atoms with E-state index in [4.69, 9.17) is 4.74 Å². The number of rotatable bonds is 9. The summed E-state index contributed by atoms with van der Waals surface area (Å²) in [6.07, 6.45) is 0.0826. The van der Waals surface area contributed by atoms with Crippen LogP contribution in [0.2, 0.25) is 0 Å². The van der Waals surface area contributed by atoms with E-state index in [2.05, 4.69) is 31.4 Å². The number of thioether (sulfide) groups is 1. The predicted molar refractivity (Wildman–Crippen MR) is 120 cm³/mol. The Morgan fingerprint density at radius 3 is 2.63 bits per heavy atom. The molecule has 1 amide bonds. The van der Waals surface area contributed by atoms with E-state index < -0.39 is 0 Å². The van der Waals surface area contributed by atoms with Gasteiger partial charge in [0.05, 0.1) is 19.3 Å². The van der Waals surface area contributed by atoms with Crippen LogP contribution in [0.5, 0.6) is 5.75 Å². The molecule has 1 aromatic heterocycles. The molecule has 0 bridgehead atoms. The third-order valence-corrected chi connectivity index (χ3v) is 5.78. The molecule has 1 heterocycles. The van der Waals surface area contributed by atoms with Crippen LogP contribution in [-0.2, 0) is 17.8 Å². The second-order valence-electron chi connectivity index (χ2n) is 6.32. The first-order valence-electron chi connectivity index (χ1n) is 9.27. The van der Waals surface area contributed by atoms with E-state index in [1.54, 1.807) is 37.4 Å². The number of ketones is 1. The zero-order valence-corrected chi connectivity index (χ0v) is 19.0. The van der Waals surface area contributed by atoms with Crippen molar-refractivity contribution in [2.24, 2.45) is 0 Å². The van der Waals surface area contributed by atoms with Crippen LogP contribution in [0.15, 0.2) is 58.2 Å². The predicted octanol–water partition coefficient (Wildman–Crippen LogP) is 4.23. The fourth-order valence-electron chi connectivity index (χ4n) is 2.77. The van der Waals surface area contributed by atoms with Gasteiger partial charge >= 0.3 is 0 Å². The molecule has 0 saturated heterocycles. The van der Waals surface area contributed by atoms with Gasteiger partial charge in [0.2, 0.25) is 5.91 Å². The van der Waals surface area contributed by atoms with Crippen molar-refractivity contribution in [3.8, 4) is 5.75 Å². The maximum absolute atomic E-state index is 12.4. The van der Waals surface area contributed by atoms with Crippen LogP contribution in [0.25, 0.3) is 0 Å². The highest BCUT2D eigenvalue weighted by Crippen LogP contribution is 2.21. The van der Waals surface area contributed by atoms with Gasteiger partial charge in [0.25, 0.3) is 0 Å². The van der Waals surface area contributed by atoms with Gasteiger partial charge in [-0.25, -0.2) is 0 Å². The molecule has 7 nitrogen and oxygen atoms in total. The number of carbonyl (C=O) groups excluding carboxylic acids is 2. The van der Waals surface area contributed by atoms with E-state index in [1.165, 1.54) is 11.8 Å². The number of carbonyl (C=O) groups is 2. The molecule has 0 unspecified atom stereocenters. The van der Waals surface area contributed by atoms with Gasteiger partial charge in [0, 0.05) is 28.3 Å². The Kier molecular flexibility index (Phi) is 7.64. The van der Waals surface area contributed by atoms with Crippen LogP contribution in [0.1, 0.15) is 23.1 Å². The Bertz CT molecular complexity index is 1040. The summed E-state index contributed by atoms with van der Waals surface area (Å²) >= 11 is 4.68. The van der Waals surface area contributed by atoms with Gasteiger partial charge < -0.3 is 14.6 Å². The lowest BCUT2D eigenvalue weighted by Crippen LogP contribution is -2.17. The van der Waals surface area contributed by atoms with Gasteiger partial charge in [-0.2, -0.15) is 0 Å². The van der Waals surface area contributed by atoms with E-state index in [0.29, 0.717) is 34.5 Å². The van der Waals surface area contributed by atoms with Gasteiger partial charge in [0.15, 0.2) is 10.9 Å². The summed E-state index contributed by atoms with van der Waals surface area (Å²) < 4.78 is 7.95. The van der Waals surface area contributed by atoms with Crippen molar-refractivity contribution >= 4 is 45.1 Å². The zero-order chi connectivity index (χ0) is 21.5. The minimum atomic E-state index is -0.201. The minimum Gasteiger partial charge on any atom is -0.497 e. The smallest absolute Gasteiger partial charge is 0.232 e. The molecule has 9 heteroatoms. The summed E-state index contributed by atoms with van der Waals surface area (Å²) in [5.74, 6) is 1.27. The maximum atomic E-state index is 12.4. The number of anilines is 1. The molecule has 0 aliphatic heterocycles. The number of nitrogens with zero attached hydrogens (tertiary/aromatic N) is 3. The van der Waals surface area contributed by atoms with E-state index in [0.717, 1.165) is 4.47 Å². The highest BCUT2D eigenvalue weighted by Gasteiger charge is 2.16. The first kappa shape index (κ1) is 22.0. The molecule has 0 aliphatic carbocycles. The molecule has 1 N–H and O–H groups in total. The van der Waals surface area contributed by atoms with Crippen LogP contribution in [0.3, 0.4) is 0 Å². The first-order chi connectivity index (χ1) is 14.5. The number of methoxy groups -OCH3 is 1. The highest BCUT2D eigenvalue weighted by molar-refractivity contribution is 9.10. The van der Waals surface area contributed by atoms with E-state index in [9.17, 15) is 9.59 Å². The maximum Gasteiger partial charge on any atom is 0.232 e. The van der Waals surface area contributed by atoms with Gasteiger partial charge in [0.1, 0.15) is 11.6 Å². The number of aromatic nitrogens is 3.